The highest BCUT2D eigenvalue weighted by Crippen LogP contribution is 2.46. The minimum atomic E-state index is -0.969. The summed E-state index contributed by atoms with van der Waals surface area (Å²) < 4.78 is 16.9. The Labute approximate surface area is 150 Å². The molecule has 0 aliphatic carbocycles. The van der Waals surface area contributed by atoms with Crippen LogP contribution in [0, 0.1) is 17.8 Å². The molecule has 6 heteroatoms. The van der Waals surface area contributed by atoms with Crippen molar-refractivity contribution in [2.24, 2.45) is 17.8 Å². The lowest BCUT2D eigenvalue weighted by Crippen LogP contribution is -2.54. The largest absolute Gasteiger partial charge is 0.466 e. The van der Waals surface area contributed by atoms with E-state index in [1.54, 1.807) is 0 Å². The van der Waals surface area contributed by atoms with Crippen LogP contribution >= 0.6 is 11.8 Å². The summed E-state index contributed by atoms with van der Waals surface area (Å²) in [7, 11) is 1.40. The van der Waals surface area contributed by atoms with Crippen molar-refractivity contribution in [3.8, 4) is 0 Å². The third kappa shape index (κ3) is 4.66. The molecule has 1 heterocycles. The van der Waals surface area contributed by atoms with Gasteiger partial charge in [-0.2, -0.15) is 0 Å². The molecule has 0 N–H and O–H groups in total. The zero-order chi connectivity index (χ0) is 18.5. The molecule has 140 valence electrons. The molecule has 0 bridgehead atoms. The van der Waals surface area contributed by atoms with E-state index in [1.807, 2.05) is 20.8 Å². The van der Waals surface area contributed by atoms with Crippen LogP contribution in [-0.2, 0) is 23.8 Å². The summed E-state index contributed by atoms with van der Waals surface area (Å²) in [6.07, 6.45) is 0.958. The number of rotatable bonds is 7. The lowest BCUT2D eigenvalue weighted by molar-refractivity contribution is -0.194. The normalized spacial score (nSPS) is 32.7. The van der Waals surface area contributed by atoms with E-state index < -0.39 is 4.93 Å². The van der Waals surface area contributed by atoms with Crippen molar-refractivity contribution in [3.05, 3.63) is 0 Å². The summed E-state index contributed by atoms with van der Waals surface area (Å²) in [4.78, 5) is 22.9. The van der Waals surface area contributed by atoms with Crippen molar-refractivity contribution in [2.75, 3.05) is 12.9 Å². The second-order valence-electron chi connectivity index (χ2n) is 6.72. The molecule has 24 heavy (non-hydrogen) atoms. The number of carbonyl (C=O) groups excluding carboxylic acids is 2. The zero-order valence-corrected chi connectivity index (χ0v) is 16.8. The van der Waals surface area contributed by atoms with Crippen LogP contribution in [0.3, 0.4) is 0 Å². The van der Waals surface area contributed by atoms with Crippen molar-refractivity contribution in [1.29, 1.82) is 0 Å². The Morgan fingerprint density at radius 2 is 1.96 bits per heavy atom. The first-order valence-electron chi connectivity index (χ1n) is 8.79. The van der Waals surface area contributed by atoms with Gasteiger partial charge < -0.3 is 14.2 Å². The van der Waals surface area contributed by atoms with Gasteiger partial charge in [0, 0.05) is 12.8 Å². The van der Waals surface area contributed by atoms with E-state index in [4.69, 9.17) is 14.2 Å². The maximum absolute atomic E-state index is 12.5. The number of esters is 2. The van der Waals surface area contributed by atoms with E-state index in [1.165, 1.54) is 25.8 Å². The predicted octanol–water partition coefficient (Wildman–Crippen LogP) is 3.65. The Bertz CT molecular complexity index is 441. The van der Waals surface area contributed by atoms with Crippen LogP contribution in [0.25, 0.3) is 0 Å². The molecule has 1 aliphatic heterocycles. The summed E-state index contributed by atoms with van der Waals surface area (Å²) in [6.45, 7) is 11.8. The topological polar surface area (TPSA) is 61.8 Å². The SMILES string of the molecule is CCS[C@]1(C(=O)OC)C[C@@H](C)[C@@H](C)C([C@H](C)[C@@H](CC)OC(C)=O)O1. The van der Waals surface area contributed by atoms with Gasteiger partial charge in [-0.05, 0) is 30.4 Å². The van der Waals surface area contributed by atoms with Gasteiger partial charge in [-0.25, -0.2) is 4.79 Å². The van der Waals surface area contributed by atoms with Crippen molar-refractivity contribution < 1.29 is 23.8 Å². The van der Waals surface area contributed by atoms with E-state index >= 15 is 0 Å². The maximum atomic E-state index is 12.5. The molecule has 6 atom stereocenters. The molecule has 0 radical (unpaired) electrons. The highest BCUT2D eigenvalue weighted by molar-refractivity contribution is 8.01. The third-order valence-corrected chi connectivity index (χ3v) is 6.22. The minimum Gasteiger partial charge on any atom is -0.466 e. The first-order chi connectivity index (χ1) is 11.2. The van der Waals surface area contributed by atoms with E-state index in [0.29, 0.717) is 18.8 Å². The number of hydrogen-bond acceptors (Lipinski definition) is 6. The van der Waals surface area contributed by atoms with Gasteiger partial charge in [-0.3, -0.25) is 4.79 Å². The van der Waals surface area contributed by atoms with Crippen molar-refractivity contribution >= 4 is 23.7 Å². The third-order valence-electron chi connectivity index (χ3n) is 5.03. The number of ether oxygens (including phenoxy) is 3. The fourth-order valence-electron chi connectivity index (χ4n) is 3.55. The van der Waals surface area contributed by atoms with Crippen LogP contribution in [0.2, 0.25) is 0 Å². The van der Waals surface area contributed by atoms with Crippen LogP contribution in [0.5, 0.6) is 0 Å². The number of methoxy groups -OCH3 is 1. The van der Waals surface area contributed by atoms with Crippen LogP contribution in [0.1, 0.15) is 54.4 Å². The molecule has 1 saturated heterocycles. The number of hydrogen-bond donors (Lipinski definition) is 0. The van der Waals surface area contributed by atoms with Crippen LogP contribution in [0.15, 0.2) is 0 Å². The van der Waals surface area contributed by atoms with Crippen molar-refractivity contribution in [3.63, 3.8) is 0 Å². The lowest BCUT2D eigenvalue weighted by Gasteiger charge is -2.47. The molecule has 1 fully saturated rings. The van der Waals surface area contributed by atoms with E-state index in [9.17, 15) is 9.59 Å². The van der Waals surface area contributed by atoms with Gasteiger partial charge in [-0.1, -0.05) is 34.6 Å². The molecule has 0 amide bonds. The first kappa shape index (κ1) is 21.3. The maximum Gasteiger partial charge on any atom is 0.348 e. The molecule has 0 saturated carbocycles. The van der Waals surface area contributed by atoms with Gasteiger partial charge in [0.25, 0.3) is 0 Å². The molecule has 0 aromatic rings. The number of carbonyl (C=O) groups is 2. The van der Waals surface area contributed by atoms with Gasteiger partial charge in [0.2, 0.25) is 4.93 Å². The standard InChI is InChI=1S/C18H32O5S/c1-8-15(22-14(6)19)13(5)16-12(4)11(3)10-18(23-16,24-9-2)17(20)21-7/h11-13,15-16H,8-10H2,1-7H3/t11-,12-,13-,15-,16?,18+/m1/s1. The summed E-state index contributed by atoms with van der Waals surface area (Å²) in [5.74, 6) is 0.716. The summed E-state index contributed by atoms with van der Waals surface area (Å²) in [6, 6.07) is 0. The fraction of sp³-hybridized carbons (Fsp3) is 0.889. The summed E-state index contributed by atoms with van der Waals surface area (Å²) in [5, 5.41) is 0. The van der Waals surface area contributed by atoms with Gasteiger partial charge in [0.05, 0.1) is 13.2 Å². The number of thioether (sulfide) groups is 1. The molecule has 0 spiro atoms. The smallest absolute Gasteiger partial charge is 0.348 e. The van der Waals surface area contributed by atoms with Crippen LogP contribution in [0.4, 0.5) is 0 Å². The Morgan fingerprint density at radius 1 is 1.33 bits per heavy atom. The molecule has 1 aliphatic rings. The van der Waals surface area contributed by atoms with Crippen LogP contribution in [-0.4, -0.2) is 41.9 Å². The Morgan fingerprint density at radius 3 is 2.42 bits per heavy atom. The van der Waals surface area contributed by atoms with Crippen LogP contribution < -0.4 is 0 Å². The Balaban J connectivity index is 3.10. The van der Waals surface area contributed by atoms with Crippen molar-refractivity contribution in [2.45, 2.75) is 71.5 Å². The second kappa shape index (κ2) is 9.09. The zero-order valence-electron chi connectivity index (χ0n) is 16.0. The highest BCUT2D eigenvalue weighted by atomic mass is 32.2. The minimum absolute atomic E-state index is 0.00172. The quantitative estimate of drug-likeness (QED) is 0.646. The average molecular weight is 361 g/mol. The first-order valence-corrected chi connectivity index (χ1v) is 9.78. The molecule has 5 nitrogen and oxygen atoms in total. The molecule has 1 rings (SSSR count). The monoisotopic (exact) mass is 360 g/mol. The molecule has 0 aromatic carbocycles. The Hall–Kier alpha value is -0.750. The molecular formula is C18H32O5S. The molecular weight excluding hydrogens is 328 g/mol. The Kier molecular flexibility index (Phi) is 8.06. The lowest BCUT2D eigenvalue weighted by atomic mass is 9.77. The average Bonchev–Trinajstić information content (AvgIpc) is 2.54. The molecule has 1 unspecified atom stereocenters. The highest BCUT2D eigenvalue weighted by Gasteiger charge is 2.52. The van der Waals surface area contributed by atoms with Gasteiger partial charge in [0.1, 0.15) is 6.10 Å². The van der Waals surface area contributed by atoms with Crippen molar-refractivity contribution in [1.82, 2.24) is 0 Å². The van der Waals surface area contributed by atoms with E-state index in [2.05, 4.69) is 13.8 Å². The molecule has 0 aromatic heterocycles. The van der Waals surface area contributed by atoms with E-state index in [-0.39, 0.29) is 36.0 Å². The predicted molar refractivity (Wildman–Crippen MR) is 95.7 cm³/mol. The second-order valence-corrected chi connectivity index (χ2v) is 8.24. The summed E-state index contributed by atoms with van der Waals surface area (Å²) in [5.41, 5.74) is 0. The van der Waals surface area contributed by atoms with E-state index in [0.717, 1.165) is 5.75 Å². The fourth-order valence-corrected chi connectivity index (χ4v) is 4.78. The summed E-state index contributed by atoms with van der Waals surface area (Å²) >= 11 is 1.49. The van der Waals surface area contributed by atoms with Gasteiger partial charge in [-0.15, -0.1) is 11.8 Å². The van der Waals surface area contributed by atoms with Gasteiger partial charge in [0.15, 0.2) is 0 Å². The van der Waals surface area contributed by atoms with Gasteiger partial charge >= 0.3 is 11.9 Å².